The van der Waals surface area contributed by atoms with Crippen molar-refractivity contribution in [1.29, 1.82) is 0 Å². The Hall–Kier alpha value is -0.377. The van der Waals surface area contributed by atoms with Crippen LogP contribution in [0, 0.1) is 0 Å². The zero-order valence-corrected chi connectivity index (χ0v) is 17.1. The third-order valence-corrected chi connectivity index (χ3v) is 3.89. The zero-order valence-electron chi connectivity index (χ0n) is 12.6. The molecule has 1 aromatic rings. The summed E-state index contributed by atoms with van der Waals surface area (Å²) in [5.74, 6) is 1.11. The van der Waals surface area contributed by atoms with Crippen LogP contribution >= 0.6 is 19.4 Å². The molecule has 0 bridgehead atoms. The number of fused-ring (bicyclic) bond motifs is 1. The summed E-state index contributed by atoms with van der Waals surface area (Å²) in [7, 11) is 14.1. The van der Waals surface area contributed by atoms with Crippen molar-refractivity contribution < 1.29 is 15.1 Å². The Morgan fingerprint density at radius 1 is 1.29 bits per heavy atom. The zero-order chi connectivity index (χ0) is 15.2. The van der Waals surface area contributed by atoms with E-state index in [-0.39, 0.29) is 6.04 Å². The molecule has 1 saturated heterocycles. The van der Waals surface area contributed by atoms with E-state index in [1.807, 2.05) is 12.3 Å². The number of likely N-dealkylation sites (N-methyl/N-ethyl adjacent to an activating group) is 2. The molecule has 21 heavy (non-hydrogen) atoms. The quantitative estimate of drug-likeness (QED) is 0.702. The van der Waals surface area contributed by atoms with Gasteiger partial charge in [-0.2, -0.15) is 0 Å². The topological polar surface area (TPSA) is 31.7 Å². The number of aromatic nitrogens is 1. The van der Waals surface area contributed by atoms with Gasteiger partial charge in [-0.05, 0) is 30.9 Å². The summed E-state index contributed by atoms with van der Waals surface area (Å²) in [5, 5.41) is 0. The van der Waals surface area contributed by atoms with Gasteiger partial charge >= 0.3 is 34.5 Å². The van der Waals surface area contributed by atoms with E-state index in [0.717, 1.165) is 31.9 Å². The standard InChI is InChI=1S/C14H20N4.2ClH.Zn/c1-17-9-10-18(2)14(17)16-12-7-3-5-11-6-4-8-15-13(11)12;;;/h4,6,8,12H,3,5,7,9-10H2,1-2H3;2*1H;/q;;;+2/p-2. The van der Waals surface area contributed by atoms with Crippen LogP contribution in [-0.4, -0.2) is 47.9 Å². The molecule has 0 spiro atoms. The summed E-state index contributed by atoms with van der Waals surface area (Å²) in [4.78, 5) is 14.0. The van der Waals surface area contributed by atoms with Crippen molar-refractivity contribution in [2.75, 3.05) is 27.2 Å². The third kappa shape index (κ3) is 4.31. The Kier molecular flexibility index (Phi) is 6.72. The first-order chi connectivity index (χ1) is 10.2. The van der Waals surface area contributed by atoms with Gasteiger partial charge in [0, 0.05) is 33.4 Å². The number of aliphatic imine (C=N–C) groups is 1. The second-order valence-corrected chi connectivity index (χ2v) is 9.95. The Labute approximate surface area is 142 Å². The number of aryl methyl sites for hydroxylation is 1. The summed E-state index contributed by atoms with van der Waals surface area (Å²) in [6.45, 7) is 2.13. The molecule has 1 unspecified atom stereocenters. The molecule has 7 heteroatoms. The van der Waals surface area contributed by atoms with E-state index in [0.29, 0.717) is 0 Å². The van der Waals surface area contributed by atoms with Crippen molar-refractivity contribution in [3.8, 4) is 0 Å². The minimum atomic E-state index is -0.931. The number of nitrogens with zero attached hydrogens (tertiary/aromatic N) is 4. The molecular formula is C14H20Cl2N4Zn. The van der Waals surface area contributed by atoms with Gasteiger partial charge < -0.3 is 9.80 Å². The van der Waals surface area contributed by atoms with Gasteiger partial charge in [-0.1, -0.05) is 6.07 Å². The fourth-order valence-electron chi connectivity index (χ4n) is 2.84. The molecule has 1 aromatic heterocycles. The van der Waals surface area contributed by atoms with E-state index in [1.54, 1.807) is 0 Å². The molecule has 2 aliphatic rings. The molecule has 112 valence electrons. The predicted octanol–water partition coefficient (Wildman–Crippen LogP) is 3.07. The molecule has 1 aliphatic heterocycles. The van der Waals surface area contributed by atoms with Crippen LogP contribution in [0.1, 0.15) is 30.1 Å². The third-order valence-electron chi connectivity index (χ3n) is 3.89. The Bertz CT molecular complexity index is 486. The normalized spacial score (nSPS) is 20.4. The summed E-state index contributed by atoms with van der Waals surface area (Å²) in [6.07, 6.45) is 5.37. The number of hydrogen-bond acceptors (Lipinski definition) is 2. The van der Waals surface area contributed by atoms with Crippen molar-refractivity contribution in [2.45, 2.75) is 25.3 Å². The first-order valence-electron chi connectivity index (χ1n) is 7.23. The van der Waals surface area contributed by atoms with Gasteiger partial charge in [0.1, 0.15) is 0 Å². The van der Waals surface area contributed by atoms with Gasteiger partial charge in [0.15, 0.2) is 5.96 Å². The van der Waals surface area contributed by atoms with Crippen LogP contribution < -0.4 is 0 Å². The van der Waals surface area contributed by atoms with Crippen molar-refractivity contribution >= 4 is 25.3 Å². The first-order valence-corrected chi connectivity index (χ1v) is 15.0. The van der Waals surface area contributed by atoms with Gasteiger partial charge in [-0.3, -0.25) is 4.98 Å². The SMILES string of the molecule is CN1CCN(C)C1=NC1CCCc2cccnc21.[Cl][Zn][Cl]. The minimum absolute atomic E-state index is 0.243. The maximum absolute atomic E-state index is 4.95. The molecule has 3 rings (SSSR count). The molecule has 4 nitrogen and oxygen atoms in total. The first kappa shape index (κ1) is 17.0. The molecule has 0 aromatic carbocycles. The average Bonchev–Trinajstić information content (AvgIpc) is 2.80. The number of pyridine rings is 1. The summed E-state index contributed by atoms with van der Waals surface area (Å²) < 4.78 is 0. The Morgan fingerprint density at radius 2 is 1.95 bits per heavy atom. The Morgan fingerprint density at radius 3 is 2.62 bits per heavy atom. The van der Waals surface area contributed by atoms with E-state index >= 15 is 0 Å². The van der Waals surface area contributed by atoms with Crippen LogP contribution in [0.5, 0.6) is 0 Å². The second kappa shape index (κ2) is 8.31. The molecule has 0 N–H and O–H groups in total. The number of guanidine groups is 1. The van der Waals surface area contributed by atoms with Crippen LogP contribution in [0.15, 0.2) is 23.3 Å². The van der Waals surface area contributed by atoms with E-state index in [2.05, 4.69) is 34.9 Å². The van der Waals surface area contributed by atoms with Crippen molar-refractivity contribution in [3.05, 3.63) is 29.6 Å². The van der Waals surface area contributed by atoms with Gasteiger partial charge in [0.05, 0.1) is 11.7 Å². The van der Waals surface area contributed by atoms with Crippen LogP contribution in [0.4, 0.5) is 0 Å². The number of halogens is 2. The van der Waals surface area contributed by atoms with Gasteiger partial charge in [-0.25, -0.2) is 4.99 Å². The van der Waals surface area contributed by atoms with Crippen LogP contribution in [0.2, 0.25) is 0 Å². The fourth-order valence-corrected chi connectivity index (χ4v) is 2.84. The number of rotatable bonds is 1. The fraction of sp³-hybridized carbons (Fsp3) is 0.571. The summed E-state index contributed by atoms with van der Waals surface area (Å²) in [6, 6.07) is 4.46. The molecule has 0 saturated carbocycles. The molecule has 1 atom stereocenters. The molecule has 0 radical (unpaired) electrons. The predicted molar refractivity (Wildman–Crippen MR) is 84.3 cm³/mol. The summed E-state index contributed by atoms with van der Waals surface area (Å²) >= 11 is -0.931. The number of hydrogen-bond donors (Lipinski definition) is 0. The summed E-state index contributed by atoms with van der Waals surface area (Å²) in [5.41, 5.74) is 2.56. The Balaban J connectivity index is 0.000000497. The van der Waals surface area contributed by atoms with E-state index in [1.165, 1.54) is 17.7 Å². The van der Waals surface area contributed by atoms with Gasteiger partial charge in [0.25, 0.3) is 0 Å². The molecular weight excluding hydrogens is 360 g/mol. The van der Waals surface area contributed by atoms with Crippen LogP contribution in [0.3, 0.4) is 0 Å². The van der Waals surface area contributed by atoms with Crippen LogP contribution in [0.25, 0.3) is 0 Å². The van der Waals surface area contributed by atoms with Crippen molar-refractivity contribution in [3.63, 3.8) is 0 Å². The van der Waals surface area contributed by atoms with E-state index < -0.39 is 15.1 Å². The monoisotopic (exact) mass is 378 g/mol. The molecule has 0 amide bonds. The second-order valence-electron chi connectivity index (χ2n) is 5.33. The molecule has 1 aliphatic carbocycles. The van der Waals surface area contributed by atoms with Crippen molar-refractivity contribution in [1.82, 2.24) is 14.8 Å². The maximum atomic E-state index is 4.95. The average molecular weight is 381 g/mol. The van der Waals surface area contributed by atoms with E-state index in [4.69, 9.17) is 24.4 Å². The molecule has 1 fully saturated rings. The van der Waals surface area contributed by atoms with Crippen molar-refractivity contribution in [2.24, 2.45) is 4.99 Å². The van der Waals surface area contributed by atoms with Gasteiger partial charge in [0.2, 0.25) is 0 Å². The van der Waals surface area contributed by atoms with E-state index in [9.17, 15) is 0 Å². The van der Waals surface area contributed by atoms with Gasteiger partial charge in [-0.15, -0.1) is 0 Å². The molecule has 2 heterocycles. The van der Waals surface area contributed by atoms with Crippen LogP contribution in [-0.2, 0) is 21.6 Å².